The average Bonchev–Trinajstić information content (AvgIpc) is 3.15. The van der Waals surface area contributed by atoms with E-state index in [0.717, 1.165) is 44.6 Å². The number of aromatic nitrogens is 1. The molecular formula is C17H24ClN3O4. The van der Waals surface area contributed by atoms with E-state index in [0.29, 0.717) is 17.6 Å². The maximum absolute atomic E-state index is 10.9. The number of hydrogen-bond donors (Lipinski definition) is 1. The number of rotatable bonds is 6. The second-order valence-electron chi connectivity index (χ2n) is 6.33. The molecule has 0 bridgehead atoms. The van der Waals surface area contributed by atoms with Crippen LogP contribution in [0.1, 0.15) is 25.0 Å². The summed E-state index contributed by atoms with van der Waals surface area (Å²) >= 11 is 0. The first-order valence-corrected chi connectivity index (χ1v) is 8.25. The summed E-state index contributed by atoms with van der Waals surface area (Å²) in [6, 6.07) is 5.90. The molecule has 25 heavy (non-hydrogen) atoms. The van der Waals surface area contributed by atoms with Crippen molar-refractivity contribution in [2.75, 3.05) is 26.7 Å². The van der Waals surface area contributed by atoms with Gasteiger partial charge in [-0.05, 0) is 45.0 Å². The summed E-state index contributed by atoms with van der Waals surface area (Å²) in [5, 5.41) is 13.1. The molecular weight excluding hydrogens is 346 g/mol. The molecule has 0 saturated carbocycles. The number of hydrogen-bond acceptors (Lipinski definition) is 6. The van der Waals surface area contributed by atoms with E-state index in [2.05, 4.69) is 10.1 Å². The lowest BCUT2D eigenvalue weighted by Gasteiger charge is -2.25. The van der Waals surface area contributed by atoms with E-state index in [-0.39, 0.29) is 19.0 Å². The standard InChI is InChI=1S/C17H23N3O4.ClH/c1-19(12-17(21)22)14-4-2-7-20(8-6-14)11-13-10-16(24-18-13)15-5-3-9-23-15;/h3,5,9-10,14H,2,4,6-8,11-12H2,1H3,(H,21,22);1H. The van der Waals surface area contributed by atoms with Crippen molar-refractivity contribution in [1.29, 1.82) is 0 Å². The first-order valence-electron chi connectivity index (χ1n) is 8.25. The molecule has 3 heterocycles. The number of likely N-dealkylation sites (N-methyl/N-ethyl adjacent to an activating group) is 1. The Bertz CT molecular complexity index is 659. The second-order valence-corrected chi connectivity index (χ2v) is 6.33. The number of aliphatic carboxylic acids is 1. The van der Waals surface area contributed by atoms with Crippen molar-refractivity contribution in [2.45, 2.75) is 31.8 Å². The fraction of sp³-hybridized carbons (Fsp3) is 0.529. The predicted octanol–water partition coefficient (Wildman–Crippen LogP) is 2.73. The number of halogens is 1. The van der Waals surface area contributed by atoms with Crippen molar-refractivity contribution in [1.82, 2.24) is 15.0 Å². The van der Waals surface area contributed by atoms with Crippen LogP contribution in [0.2, 0.25) is 0 Å². The lowest BCUT2D eigenvalue weighted by molar-refractivity contribution is -0.138. The van der Waals surface area contributed by atoms with Gasteiger partial charge in [0.2, 0.25) is 5.76 Å². The molecule has 1 atom stereocenters. The maximum atomic E-state index is 10.9. The molecule has 0 aliphatic carbocycles. The lowest BCUT2D eigenvalue weighted by Crippen LogP contribution is -2.36. The van der Waals surface area contributed by atoms with Gasteiger partial charge in [0.05, 0.1) is 18.5 Å². The second kappa shape index (κ2) is 9.03. The first-order chi connectivity index (χ1) is 11.6. The Labute approximate surface area is 153 Å². The quantitative estimate of drug-likeness (QED) is 0.838. The topological polar surface area (TPSA) is 83.0 Å². The molecule has 138 valence electrons. The van der Waals surface area contributed by atoms with Crippen LogP contribution >= 0.6 is 12.4 Å². The van der Waals surface area contributed by atoms with E-state index in [9.17, 15) is 4.79 Å². The van der Waals surface area contributed by atoms with Gasteiger partial charge in [-0.25, -0.2) is 0 Å². The largest absolute Gasteiger partial charge is 0.480 e. The Morgan fingerprint density at radius 2 is 2.24 bits per heavy atom. The summed E-state index contributed by atoms with van der Waals surface area (Å²) in [7, 11) is 1.89. The molecule has 2 aromatic rings. The van der Waals surface area contributed by atoms with Crippen LogP contribution in [0.5, 0.6) is 0 Å². The highest BCUT2D eigenvalue weighted by Gasteiger charge is 2.22. The van der Waals surface area contributed by atoms with E-state index < -0.39 is 5.97 Å². The van der Waals surface area contributed by atoms with Gasteiger partial charge in [0, 0.05) is 25.2 Å². The van der Waals surface area contributed by atoms with Crippen LogP contribution < -0.4 is 0 Å². The molecule has 3 rings (SSSR count). The number of carboxylic acids is 1. The molecule has 0 spiro atoms. The van der Waals surface area contributed by atoms with Crippen LogP contribution in [-0.2, 0) is 11.3 Å². The summed E-state index contributed by atoms with van der Waals surface area (Å²) in [4.78, 5) is 15.2. The zero-order valence-corrected chi connectivity index (χ0v) is 15.1. The fourth-order valence-electron chi connectivity index (χ4n) is 3.23. The molecule has 1 N–H and O–H groups in total. The third kappa shape index (κ3) is 5.32. The van der Waals surface area contributed by atoms with Gasteiger partial charge >= 0.3 is 5.97 Å². The molecule has 0 aromatic carbocycles. The zero-order chi connectivity index (χ0) is 16.9. The van der Waals surface area contributed by atoms with Crippen LogP contribution in [0.3, 0.4) is 0 Å². The third-order valence-corrected chi connectivity index (χ3v) is 4.51. The van der Waals surface area contributed by atoms with Crippen LogP contribution in [-0.4, -0.2) is 58.8 Å². The Morgan fingerprint density at radius 1 is 1.40 bits per heavy atom. The van der Waals surface area contributed by atoms with E-state index in [1.165, 1.54) is 0 Å². The molecule has 1 unspecified atom stereocenters. The zero-order valence-electron chi connectivity index (χ0n) is 14.3. The molecule has 7 nitrogen and oxygen atoms in total. The minimum Gasteiger partial charge on any atom is -0.480 e. The smallest absolute Gasteiger partial charge is 0.317 e. The molecule has 1 saturated heterocycles. The Hall–Kier alpha value is -1.83. The van der Waals surface area contributed by atoms with Crippen LogP contribution in [0, 0.1) is 0 Å². The number of carbonyl (C=O) groups is 1. The number of likely N-dealkylation sites (tertiary alicyclic amines) is 1. The van der Waals surface area contributed by atoms with E-state index in [1.54, 1.807) is 6.26 Å². The van der Waals surface area contributed by atoms with E-state index in [1.807, 2.05) is 30.1 Å². The minimum atomic E-state index is -0.772. The highest BCUT2D eigenvalue weighted by Crippen LogP contribution is 2.22. The van der Waals surface area contributed by atoms with Crippen molar-refractivity contribution in [3.8, 4) is 11.5 Å². The number of nitrogens with zero attached hydrogens (tertiary/aromatic N) is 3. The monoisotopic (exact) mass is 369 g/mol. The van der Waals surface area contributed by atoms with Gasteiger partial charge in [-0.2, -0.15) is 0 Å². The summed E-state index contributed by atoms with van der Waals surface area (Å²) in [6.07, 6.45) is 4.65. The van der Waals surface area contributed by atoms with Gasteiger partial charge < -0.3 is 14.0 Å². The average molecular weight is 370 g/mol. The van der Waals surface area contributed by atoms with Crippen molar-refractivity contribution < 1.29 is 18.8 Å². The van der Waals surface area contributed by atoms with Crippen molar-refractivity contribution in [2.24, 2.45) is 0 Å². The van der Waals surface area contributed by atoms with Gasteiger partial charge in [0.15, 0.2) is 5.76 Å². The molecule has 2 aromatic heterocycles. The van der Waals surface area contributed by atoms with Gasteiger partial charge in [-0.3, -0.25) is 14.6 Å². The predicted molar refractivity (Wildman–Crippen MR) is 94.6 cm³/mol. The summed E-state index contributed by atoms with van der Waals surface area (Å²) in [5.74, 6) is 0.551. The summed E-state index contributed by atoms with van der Waals surface area (Å²) in [6.45, 7) is 2.75. The van der Waals surface area contributed by atoms with E-state index >= 15 is 0 Å². The maximum Gasteiger partial charge on any atom is 0.317 e. The summed E-state index contributed by atoms with van der Waals surface area (Å²) < 4.78 is 10.7. The first kappa shape index (κ1) is 19.5. The molecule has 8 heteroatoms. The minimum absolute atomic E-state index is 0. The van der Waals surface area contributed by atoms with Gasteiger partial charge in [0.25, 0.3) is 0 Å². The highest BCUT2D eigenvalue weighted by molar-refractivity contribution is 5.85. The molecule has 0 amide bonds. The fourth-order valence-corrected chi connectivity index (χ4v) is 3.23. The Balaban J connectivity index is 0.00000225. The number of furan rings is 1. The Kier molecular flexibility index (Phi) is 7.04. The van der Waals surface area contributed by atoms with Crippen molar-refractivity contribution >= 4 is 18.4 Å². The molecule has 1 aliphatic rings. The van der Waals surface area contributed by atoms with Crippen LogP contribution in [0.25, 0.3) is 11.5 Å². The van der Waals surface area contributed by atoms with Crippen LogP contribution in [0.15, 0.2) is 33.4 Å². The normalized spacial score (nSPS) is 18.7. The van der Waals surface area contributed by atoms with Gasteiger partial charge in [-0.1, -0.05) is 5.16 Å². The molecule has 1 fully saturated rings. The molecule has 1 aliphatic heterocycles. The van der Waals surface area contributed by atoms with Crippen LogP contribution in [0.4, 0.5) is 0 Å². The van der Waals surface area contributed by atoms with Crippen molar-refractivity contribution in [3.05, 3.63) is 30.2 Å². The SMILES string of the molecule is CN(CC(=O)O)C1CCCN(Cc2cc(-c3ccco3)on2)CC1.Cl. The Morgan fingerprint density at radius 3 is 2.96 bits per heavy atom. The van der Waals surface area contributed by atoms with Gasteiger partial charge in [-0.15, -0.1) is 12.4 Å². The summed E-state index contributed by atoms with van der Waals surface area (Å²) in [5.41, 5.74) is 0.888. The highest BCUT2D eigenvalue weighted by atomic mass is 35.5. The van der Waals surface area contributed by atoms with Crippen molar-refractivity contribution in [3.63, 3.8) is 0 Å². The van der Waals surface area contributed by atoms with Gasteiger partial charge in [0.1, 0.15) is 0 Å². The number of carboxylic acid groups (broad SMARTS) is 1. The van der Waals surface area contributed by atoms with E-state index in [4.69, 9.17) is 14.0 Å². The third-order valence-electron chi connectivity index (χ3n) is 4.51. The molecule has 0 radical (unpaired) electrons. The lowest BCUT2D eigenvalue weighted by atomic mass is 10.1.